The molecule has 0 saturated carbocycles. The van der Waals surface area contributed by atoms with Crippen LogP contribution in [0.15, 0.2) is 61.3 Å². The number of aryl methyl sites for hydroxylation is 1. The van der Waals surface area contributed by atoms with E-state index in [0.29, 0.717) is 5.92 Å². The summed E-state index contributed by atoms with van der Waals surface area (Å²) >= 11 is 0. The Labute approximate surface area is 164 Å². The minimum Gasteiger partial charge on any atom is -0.356 e. The summed E-state index contributed by atoms with van der Waals surface area (Å²) in [4.78, 5) is 19.2. The molecule has 0 aliphatic carbocycles. The summed E-state index contributed by atoms with van der Waals surface area (Å²) in [5.74, 6) is 1.55. The van der Waals surface area contributed by atoms with Gasteiger partial charge in [0.15, 0.2) is 0 Å². The number of aromatic nitrogens is 4. The number of hydrogen-bond donors (Lipinski definition) is 1. The zero-order chi connectivity index (χ0) is 18.9. The molecule has 5 rings (SSSR count). The maximum atomic E-state index is 4.68. The lowest BCUT2D eigenvalue weighted by atomic mass is 9.92. The molecule has 0 spiro atoms. The van der Waals surface area contributed by atoms with Crippen LogP contribution in [0.3, 0.4) is 0 Å². The summed E-state index contributed by atoms with van der Waals surface area (Å²) in [5, 5.41) is 2.48. The van der Waals surface area contributed by atoms with E-state index in [1.807, 2.05) is 6.20 Å². The van der Waals surface area contributed by atoms with Gasteiger partial charge in [0, 0.05) is 36.5 Å². The van der Waals surface area contributed by atoms with Crippen LogP contribution in [0, 0.1) is 6.92 Å². The molecule has 0 atom stereocenters. The van der Waals surface area contributed by atoms with Crippen molar-refractivity contribution in [1.29, 1.82) is 0 Å². The van der Waals surface area contributed by atoms with Gasteiger partial charge in [0.1, 0.15) is 12.1 Å². The van der Waals surface area contributed by atoms with Crippen molar-refractivity contribution >= 4 is 16.6 Å². The van der Waals surface area contributed by atoms with E-state index in [9.17, 15) is 0 Å². The van der Waals surface area contributed by atoms with E-state index < -0.39 is 0 Å². The summed E-state index contributed by atoms with van der Waals surface area (Å²) in [6, 6.07) is 14.9. The number of aromatic amines is 1. The van der Waals surface area contributed by atoms with Crippen LogP contribution in [0.4, 0.5) is 5.82 Å². The molecule has 0 amide bonds. The van der Waals surface area contributed by atoms with E-state index in [4.69, 9.17) is 0 Å². The van der Waals surface area contributed by atoms with E-state index >= 15 is 0 Å². The van der Waals surface area contributed by atoms with Crippen molar-refractivity contribution < 1.29 is 0 Å². The third-order valence-electron chi connectivity index (χ3n) is 5.82. The number of piperidine rings is 1. The quantitative estimate of drug-likeness (QED) is 0.568. The zero-order valence-corrected chi connectivity index (χ0v) is 16.0. The molecule has 2 aromatic heterocycles. The van der Waals surface area contributed by atoms with Crippen LogP contribution in [0.1, 0.15) is 30.1 Å². The Morgan fingerprint density at radius 3 is 2.61 bits per heavy atom. The Bertz CT molecular complexity index is 1100. The van der Waals surface area contributed by atoms with Crippen molar-refractivity contribution in [3.63, 3.8) is 0 Å². The van der Waals surface area contributed by atoms with Crippen LogP contribution in [0.5, 0.6) is 0 Å². The normalized spacial score (nSPS) is 15.2. The fraction of sp³-hybridized carbons (Fsp3) is 0.261. The number of anilines is 1. The average Bonchev–Trinajstić information content (AvgIpc) is 3.19. The number of nitrogens with one attached hydrogen (secondary N) is 1. The third kappa shape index (κ3) is 2.93. The van der Waals surface area contributed by atoms with E-state index in [-0.39, 0.29) is 0 Å². The standard InChI is InChI=1S/C23H23N5/c1-16-22(26-15-25-16)18-9-11-28(12-10-18)23-21(13-24-14-27-23)20-8-4-6-17-5-2-3-7-19(17)20/h2-8,13-15,18H,9-12H2,1H3,(H,25,26). The van der Waals surface area contributed by atoms with Gasteiger partial charge in [-0.15, -0.1) is 0 Å². The third-order valence-corrected chi connectivity index (χ3v) is 5.82. The summed E-state index contributed by atoms with van der Waals surface area (Å²) in [6.07, 6.45) is 7.59. The SMILES string of the molecule is Cc1[nH]cnc1C1CCN(c2ncncc2-c2cccc3ccccc23)CC1. The second-order valence-electron chi connectivity index (χ2n) is 7.46. The summed E-state index contributed by atoms with van der Waals surface area (Å²) < 4.78 is 0. The van der Waals surface area contributed by atoms with Gasteiger partial charge >= 0.3 is 0 Å². The molecule has 140 valence electrons. The van der Waals surface area contributed by atoms with Gasteiger partial charge in [0.05, 0.1) is 12.0 Å². The Morgan fingerprint density at radius 2 is 1.79 bits per heavy atom. The van der Waals surface area contributed by atoms with Gasteiger partial charge in [0.25, 0.3) is 0 Å². The van der Waals surface area contributed by atoms with E-state index in [1.54, 1.807) is 12.7 Å². The molecule has 28 heavy (non-hydrogen) atoms. The fourth-order valence-electron chi connectivity index (χ4n) is 4.37. The smallest absolute Gasteiger partial charge is 0.139 e. The molecule has 4 aromatic rings. The van der Waals surface area contributed by atoms with Gasteiger partial charge < -0.3 is 9.88 Å². The van der Waals surface area contributed by atoms with Crippen molar-refractivity contribution in [3.8, 4) is 11.1 Å². The molecule has 0 bridgehead atoms. The Hall–Kier alpha value is -3.21. The largest absolute Gasteiger partial charge is 0.356 e. The molecule has 0 unspecified atom stereocenters. The summed E-state index contributed by atoms with van der Waals surface area (Å²) in [6.45, 7) is 4.06. The van der Waals surface area contributed by atoms with Crippen molar-refractivity contribution in [3.05, 3.63) is 72.7 Å². The highest BCUT2D eigenvalue weighted by atomic mass is 15.2. The van der Waals surface area contributed by atoms with Crippen LogP contribution in [0.25, 0.3) is 21.9 Å². The van der Waals surface area contributed by atoms with Crippen LogP contribution < -0.4 is 4.90 Å². The van der Waals surface area contributed by atoms with Crippen LogP contribution in [-0.4, -0.2) is 33.0 Å². The van der Waals surface area contributed by atoms with Crippen molar-refractivity contribution in [2.75, 3.05) is 18.0 Å². The molecule has 1 saturated heterocycles. The first-order chi connectivity index (χ1) is 13.8. The van der Waals surface area contributed by atoms with Crippen molar-refractivity contribution in [2.24, 2.45) is 0 Å². The number of hydrogen-bond acceptors (Lipinski definition) is 4. The van der Waals surface area contributed by atoms with Crippen LogP contribution in [0.2, 0.25) is 0 Å². The van der Waals surface area contributed by atoms with Gasteiger partial charge in [-0.3, -0.25) is 0 Å². The topological polar surface area (TPSA) is 57.7 Å². The number of imidazole rings is 1. The van der Waals surface area contributed by atoms with Gasteiger partial charge in [-0.1, -0.05) is 42.5 Å². The number of nitrogens with zero attached hydrogens (tertiary/aromatic N) is 4. The zero-order valence-electron chi connectivity index (χ0n) is 16.0. The maximum absolute atomic E-state index is 4.68. The summed E-state index contributed by atoms with van der Waals surface area (Å²) in [7, 11) is 0. The Balaban J connectivity index is 1.47. The number of fused-ring (bicyclic) bond motifs is 1. The van der Waals surface area contributed by atoms with Gasteiger partial charge in [0.2, 0.25) is 0 Å². The molecule has 5 nitrogen and oxygen atoms in total. The van der Waals surface area contributed by atoms with Crippen LogP contribution in [-0.2, 0) is 0 Å². The number of rotatable bonds is 3. The second kappa shape index (κ2) is 7.08. The number of benzene rings is 2. The van der Waals surface area contributed by atoms with Gasteiger partial charge in [-0.05, 0) is 36.1 Å². The summed E-state index contributed by atoms with van der Waals surface area (Å²) in [5.41, 5.74) is 4.71. The first kappa shape index (κ1) is 16.9. The second-order valence-corrected chi connectivity index (χ2v) is 7.46. The lowest BCUT2D eigenvalue weighted by molar-refractivity contribution is 0.493. The highest BCUT2D eigenvalue weighted by Gasteiger charge is 2.25. The maximum Gasteiger partial charge on any atom is 0.139 e. The molecular weight excluding hydrogens is 346 g/mol. The Morgan fingerprint density at radius 1 is 0.964 bits per heavy atom. The minimum atomic E-state index is 0.519. The predicted molar refractivity (Wildman–Crippen MR) is 112 cm³/mol. The van der Waals surface area contributed by atoms with Crippen molar-refractivity contribution in [1.82, 2.24) is 19.9 Å². The predicted octanol–water partition coefficient (Wildman–Crippen LogP) is 4.71. The molecule has 0 radical (unpaired) electrons. The molecule has 3 heterocycles. The lowest BCUT2D eigenvalue weighted by Gasteiger charge is -2.33. The van der Waals surface area contributed by atoms with Gasteiger partial charge in [-0.25, -0.2) is 15.0 Å². The molecule has 2 aromatic carbocycles. The van der Waals surface area contributed by atoms with E-state index in [2.05, 4.69) is 74.2 Å². The van der Waals surface area contributed by atoms with Crippen LogP contribution >= 0.6 is 0 Å². The highest BCUT2D eigenvalue weighted by Crippen LogP contribution is 2.36. The molecular formula is C23H23N5. The highest BCUT2D eigenvalue weighted by molar-refractivity contribution is 5.98. The molecule has 1 aliphatic rings. The first-order valence-corrected chi connectivity index (χ1v) is 9.84. The molecule has 1 fully saturated rings. The minimum absolute atomic E-state index is 0.519. The lowest BCUT2D eigenvalue weighted by Crippen LogP contribution is -2.34. The van der Waals surface area contributed by atoms with E-state index in [1.165, 1.54) is 27.7 Å². The monoisotopic (exact) mass is 369 g/mol. The molecule has 1 aliphatic heterocycles. The van der Waals surface area contributed by atoms with Crippen molar-refractivity contribution in [2.45, 2.75) is 25.7 Å². The molecule has 1 N–H and O–H groups in total. The first-order valence-electron chi connectivity index (χ1n) is 9.84. The fourth-order valence-corrected chi connectivity index (χ4v) is 4.37. The van der Waals surface area contributed by atoms with E-state index in [0.717, 1.165) is 37.3 Å². The number of H-pyrrole nitrogens is 1. The Kier molecular flexibility index (Phi) is 4.28. The average molecular weight is 369 g/mol. The molecule has 5 heteroatoms. The van der Waals surface area contributed by atoms with Gasteiger partial charge in [-0.2, -0.15) is 0 Å².